The Morgan fingerprint density at radius 1 is 0.690 bits per heavy atom. The number of hydrogen-bond acceptors (Lipinski definition) is 7. The van der Waals surface area contributed by atoms with Crippen molar-refractivity contribution in [3.63, 3.8) is 0 Å². The van der Waals surface area contributed by atoms with Gasteiger partial charge >= 0.3 is 17.9 Å². The summed E-state index contributed by atoms with van der Waals surface area (Å²) in [7, 11) is 0. The minimum absolute atomic E-state index is 0.133. The molecule has 0 spiro atoms. The minimum Gasteiger partial charge on any atom is -0.458 e. The minimum atomic E-state index is -1.15. The Morgan fingerprint density at radius 3 is 1.55 bits per heavy atom. The van der Waals surface area contributed by atoms with Crippen LogP contribution in [0.4, 0.5) is 0 Å². The molecule has 0 bridgehead atoms. The van der Waals surface area contributed by atoms with E-state index in [1.807, 2.05) is 91.0 Å². The fraction of sp³-hybridized carbons (Fsp3) is 0.171. The summed E-state index contributed by atoms with van der Waals surface area (Å²) >= 11 is 0. The molecule has 0 aliphatic rings. The van der Waals surface area contributed by atoms with E-state index in [1.165, 1.54) is 12.2 Å². The van der Waals surface area contributed by atoms with Gasteiger partial charge in [-0.25, -0.2) is 14.4 Å². The standard InChI is InChI=1S/C35H34O7/c1-5-31(36)39-25-17-24-30(40-32(37)6-2)34(41-33(38)7-3)26(4)42-35(27-18-11-8-12-19-27,28-20-13-9-14-21-28)29-22-15-10-16-23-29/h5-24,26,30,34H,1-3,25H2,4H3. The Hall–Kier alpha value is -5.01. The molecule has 0 fully saturated rings. The summed E-state index contributed by atoms with van der Waals surface area (Å²) < 4.78 is 23.4. The van der Waals surface area contributed by atoms with Crippen molar-refractivity contribution in [1.82, 2.24) is 0 Å². The van der Waals surface area contributed by atoms with Crippen molar-refractivity contribution in [2.24, 2.45) is 0 Å². The van der Waals surface area contributed by atoms with Gasteiger partial charge < -0.3 is 18.9 Å². The Morgan fingerprint density at radius 2 is 1.12 bits per heavy atom. The summed E-state index contributed by atoms with van der Waals surface area (Å²) in [4.78, 5) is 36.4. The lowest BCUT2D eigenvalue weighted by atomic mass is 9.79. The fourth-order valence-electron chi connectivity index (χ4n) is 4.46. The van der Waals surface area contributed by atoms with E-state index in [1.54, 1.807) is 6.92 Å². The Balaban J connectivity index is 2.15. The summed E-state index contributed by atoms with van der Waals surface area (Å²) in [6, 6.07) is 29.0. The van der Waals surface area contributed by atoms with Gasteiger partial charge in [0.1, 0.15) is 12.2 Å². The number of carbonyl (C=O) groups is 3. The third-order valence-electron chi connectivity index (χ3n) is 6.34. The lowest BCUT2D eigenvalue weighted by Gasteiger charge is -2.40. The van der Waals surface area contributed by atoms with Crippen LogP contribution in [0.15, 0.2) is 141 Å². The topological polar surface area (TPSA) is 88.1 Å². The molecular weight excluding hydrogens is 532 g/mol. The smallest absolute Gasteiger partial charge is 0.330 e. The number of rotatable bonds is 15. The highest BCUT2D eigenvalue weighted by Crippen LogP contribution is 2.42. The second kappa shape index (κ2) is 15.7. The first-order valence-corrected chi connectivity index (χ1v) is 13.3. The van der Waals surface area contributed by atoms with E-state index in [2.05, 4.69) is 19.7 Å². The van der Waals surface area contributed by atoms with Crippen molar-refractivity contribution >= 4 is 17.9 Å². The third-order valence-corrected chi connectivity index (χ3v) is 6.34. The predicted octanol–water partition coefficient (Wildman–Crippen LogP) is 5.86. The molecule has 3 atom stereocenters. The predicted molar refractivity (Wildman–Crippen MR) is 160 cm³/mol. The van der Waals surface area contributed by atoms with Gasteiger partial charge in [-0.1, -0.05) is 111 Å². The summed E-state index contributed by atoms with van der Waals surface area (Å²) in [6.45, 7) is 11.9. The molecule has 0 amide bonds. The zero-order valence-corrected chi connectivity index (χ0v) is 23.5. The van der Waals surface area contributed by atoms with Crippen molar-refractivity contribution < 1.29 is 33.3 Å². The van der Waals surface area contributed by atoms with Crippen LogP contribution in [0.2, 0.25) is 0 Å². The van der Waals surface area contributed by atoms with Crippen LogP contribution in [-0.4, -0.2) is 42.8 Å². The molecule has 3 rings (SSSR count). The van der Waals surface area contributed by atoms with Crippen LogP contribution in [0.25, 0.3) is 0 Å². The number of carbonyl (C=O) groups excluding carboxylic acids is 3. The van der Waals surface area contributed by atoms with E-state index in [-0.39, 0.29) is 6.61 Å². The lowest BCUT2D eigenvalue weighted by molar-refractivity contribution is -0.176. The molecular formula is C35H34O7. The Bertz CT molecular complexity index is 1280. The molecule has 0 N–H and O–H groups in total. The Kier molecular flexibility index (Phi) is 11.8. The van der Waals surface area contributed by atoms with Crippen LogP contribution in [0, 0.1) is 0 Å². The molecule has 0 aromatic heterocycles. The second-order valence-corrected chi connectivity index (χ2v) is 9.08. The molecule has 0 aliphatic heterocycles. The van der Waals surface area contributed by atoms with Gasteiger partial charge in [0.15, 0.2) is 12.2 Å². The average molecular weight is 567 g/mol. The summed E-state index contributed by atoms with van der Waals surface area (Å²) in [5, 5.41) is 0. The van der Waals surface area contributed by atoms with Gasteiger partial charge in [-0.05, 0) is 35.8 Å². The molecule has 3 unspecified atom stereocenters. The quantitative estimate of drug-likeness (QED) is 0.0748. The van der Waals surface area contributed by atoms with Gasteiger partial charge in [0.25, 0.3) is 0 Å². The maximum atomic E-state index is 12.6. The van der Waals surface area contributed by atoms with Crippen LogP contribution < -0.4 is 0 Å². The summed E-state index contributed by atoms with van der Waals surface area (Å²) in [5.41, 5.74) is 1.33. The number of ether oxygens (including phenoxy) is 4. The largest absolute Gasteiger partial charge is 0.458 e. The first kappa shape index (κ1) is 31.5. The highest BCUT2D eigenvalue weighted by molar-refractivity contribution is 5.82. The highest BCUT2D eigenvalue weighted by Gasteiger charge is 2.43. The SMILES string of the molecule is C=CC(=O)OCC=CC(OC(=O)C=C)C(OC(=O)C=C)C(C)OC(c1ccccc1)(c1ccccc1)c1ccccc1. The maximum Gasteiger partial charge on any atom is 0.330 e. The molecule has 0 saturated heterocycles. The van der Waals surface area contributed by atoms with Crippen molar-refractivity contribution in [2.45, 2.75) is 30.8 Å². The molecule has 0 heterocycles. The third kappa shape index (κ3) is 8.02. The summed E-state index contributed by atoms with van der Waals surface area (Å²) in [6.07, 6.45) is 2.82. The van der Waals surface area contributed by atoms with Crippen molar-refractivity contribution in [3.05, 3.63) is 158 Å². The van der Waals surface area contributed by atoms with E-state index >= 15 is 0 Å². The first-order valence-electron chi connectivity index (χ1n) is 13.3. The molecule has 0 aliphatic carbocycles. The van der Waals surface area contributed by atoms with Gasteiger partial charge in [0.05, 0.1) is 6.10 Å². The maximum absolute atomic E-state index is 12.6. The fourth-order valence-corrected chi connectivity index (χ4v) is 4.46. The molecule has 216 valence electrons. The van der Waals surface area contributed by atoms with E-state index in [0.29, 0.717) is 0 Å². The monoisotopic (exact) mass is 566 g/mol. The Labute approximate surface area is 246 Å². The van der Waals surface area contributed by atoms with Crippen molar-refractivity contribution in [3.8, 4) is 0 Å². The highest BCUT2D eigenvalue weighted by atomic mass is 16.6. The lowest BCUT2D eigenvalue weighted by Crippen LogP contribution is -2.47. The zero-order valence-electron chi connectivity index (χ0n) is 23.5. The van der Waals surface area contributed by atoms with Gasteiger partial charge in [-0.15, -0.1) is 0 Å². The van der Waals surface area contributed by atoms with Crippen LogP contribution in [-0.2, 0) is 38.9 Å². The first-order chi connectivity index (χ1) is 20.3. The van der Waals surface area contributed by atoms with E-state index < -0.39 is 41.8 Å². The van der Waals surface area contributed by atoms with Crippen molar-refractivity contribution in [1.29, 1.82) is 0 Å². The van der Waals surface area contributed by atoms with Crippen LogP contribution in [0.1, 0.15) is 23.6 Å². The van der Waals surface area contributed by atoms with E-state index in [4.69, 9.17) is 18.9 Å². The van der Waals surface area contributed by atoms with E-state index in [0.717, 1.165) is 34.9 Å². The summed E-state index contributed by atoms with van der Waals surface area (Å²) in [5.74, 6) is -2.12. The number of hydrogen-bond donors (Lipinski definition) is 0. The second-order valence-electron chi connectivity index (χ2n) is 9.08. The van der Waals surface area contributed by atoms with E-state index in [9.17, 15) is 14.4 Å². The molecule has 0 saturated carbocycles. The molecule has 3 aromatic carbocycles. The van der Waals surface area contributed by atoms with Crippen molar-refractivity contribution in [2.75, 3.05) is 6.61 Å². The molecule has 0 radical (unpaired) electrons. The molecule has 7 heteroatoms. The van der Waals surface area contributed by atoms with Crippen LogP contribution in [0.3, 0.4) is 0 Å². The number of benzene rings is 3. The van der Waals surface area contributed by atoms with Gasteiger partial charge in [-0.3, -0.25) is 0 Å². The van der Waals surface area contributed by atoms with Crippen LogP contribution >= 0.6 is 0 Å². The molecule has 7 nitrogen and oxygen atoms in total. The molecule has 3 aromatic rings. The zero-order chi connectivity index (χ0) is 30.4. The van der Waals surface area contributed by atoms with Gasteiger partial charge in [0, 0.05) is 18.2 Å². The van der Waals surface area contributed by atoms with Crippen LogP contribution in [0.5, 0.6) is 0 Å². The number of esters is 3. The molecule has 42 heavy (non-hydrogen) atoms. The normalized spacial score (nSPS) is 13.3. The average Bonchev–Trinajstić information content (AvgIpc) is 3.04. The van der Waals surface area contributed by atoms with Gasteiger partial charge in [0.2, 0.25) is 0 Å². The van der Waals surface area contributed by atoms with Gasteiger partial charge in [-0.2, -0.15) is 0 Å².